The fourth-order valence-electron chi connectivity index (χ4n) is 1.62. The molecule has 0 radical (unpaired) electrons. The zero-order chi connectivity index (χ0) is 14.4. The smallest absolute Gasteiger partial charge is 0.323 e. The Morgan fingerprint density at radius 3 is 2.70 bits per heavy atom. The van der Waals surface area contributed by atoms with E-state index >= 15 is 0 Å². The minimum absolute atomic E-state index is 0.306. The first-order valence-electron chi connectivity index (χ1n) is 6.43. The third-order valence-electron chi connectivity index (χ3n) is 2.69. The molecule has 20 heavy (non-hydrogen) atoms. The molecule has 0 atom stereocenters. The summed E-state index contributed by atoms with van der Waals surface area (Å²) in [5.41, 5.74) is 2.26. The molecule has 0 bridgehead atoms. The number of aryl methyl sites for hydroxylation is 1. The van der Waals surface area contributed by atoms with Gasteiger partial charge < -0.3 is 15.4 Å². The van der Waals surface area contributed by atoms with Gasteiger partial charge in [0.1, 0.15) is 0 Å². The maximum Gasteiger partial charge on any atom is 0.323 e. The Hall–Kier alpha value is -2.44. The van der Waals surface area contributed by atoms with Crippen LogP contribution in [0.15, 0.2) is 18.5 Å². The van der Waals surface area contributed by atoms with E-state index < -0.39 is 0 Å². The topological polar surface area (TPSA) is 84.9 Å². The van der Waals surface area contributed by atoms with Crippen LogP contribution in [0.5, 0.6) is 6.01 Å². The third kappa shape index (κ3) is 3.53. The van der Waals surface area contributed by atoms with Gasteiger partial charge in [-0.25, -0.2) is 0 Å². The van der Waals surface area contributed by atoms with Gasteiger partial charge in [-0.05, 0) is 31.0 Å². The van der Waals surface area contributed by atoms with E-state index in [0.29, 0.717) is 31.1 Å². The van der Waals surface area contributed by atoms with Crippen LogP contribution < -0.4 is 15.4 Å². The standard InChI is InChI=1S/C13H18N6O/c1-4-20-13-18-11(14-3)17-12(19-13)16-8-10-5-6-15-7-9(10)2/h5-7H,4,8H2,1-3H3,(H2,14,16,17,18,19). The molecule has 0 amide bonds. The highest BCUT2D eigenvalue weighted by Crippen LogP contribution is 2.12. The second-order valence-corrected chi connectivity index (χ2v) is 4.10. The summed E-state index contributed by atoms with van der Waals surface area (Å²) in [5, 5.41) is 6.05. The van der Waals surface area contributed by atoms with Crippen molar-refractivity contribution >= 4 is 11.9 Å². The van der Waals surface area contributed by atoms with Gasteiger partial charge in [0.05, 0.1) is 6.61 Å². The predicted octanol–water partition coefficient (Wildman–Crippen LogP) is 1.63. The maximum absolute atomic E-state index is 5.31. The van der Waals surface area contributed by atoms with Crippen molar-refractivity contribution < 1.29 is 4.74 Å². The average Bonchev–Trinajstić information content (AvgIpc) is 2.46. The highest BCUT2D eigenvalue weighted by atomic mass is 16.5. The Morgan fingerprint density at radius 1 is 1.20 bits per heavy atom. The lowest BCUT2D eigenvalue weighted by Crippen LogP contribution is -2.10. The maximum atomic E-state index is 5.31. The van der Waals surface area contributed by atoms with Crippen molar-refractivity contribution in [3.05, 3.63) is 29.6 Å². The van der Waals surface area contributed by atoms with Crippen LogP contribution in [0.3, 0.4) is 0 Å². The van der Waals surface area contributed by atoms with E-state index in [2.05, 4.69) is 30.6 Å². The van der Waals surface area contributed by atoms with Crippen molar-refractivity contribution in [3.63, 3.8) is 0 Å². The second-order valence-electron chi connectivity index (χ2n) is 4.10. The Labute approximate surface area is 117 Å². The third-order valence-corrected chi connectivity index (χ3v) is 2.69. The van der Waals surface area contributed by atoms with Crippen molar-refractivity contribution in [3.8, 4) is 6.01 Å². The molecule has 2 aromatic rings. The lowest BCUT2D eigenvalue weighted by atomic mass is 10.1. The number of nitrogens with one attached hydrogen (secondary N) is 2. The number of anilines is 2. The van der Waals surface area contributed by atoms with Crippen LogP contribution in [-0.4, -0.2) is 33.6 Å². The van der Waals surface area contributed by atoms with E-state index in [1.807, 2.05) is 26.1 Å². The van der Waals surface area contributed by atoms with E-state index in [9.17, 15) is 0 Å². The van der Waals surface area contributed by atoms with Crippen LogP contribution in [0, 0.1) is 6.92 Å². The molecule has 0 aliphatic heterocycles. The summed E-state index contributed by atoms with van der Waals surface area (Å²) in [6.07, 6.45) is 3.59. The summed E-state index contributed by atoms with van der Waals surface area (Å²) in [7, 11) is 1.75. The van der Waals surface area contributed by atoms with Gasteiger partial charge in [0, 0.05) is 26.0 Å². The molecular weight excluding hydrogens is 256 g/mol. The number of aromatic nitrogens is 4. The summed E-state index contributed by atoms with van der Waals surface area (Å²) in [5.74, 6) is 0.946. The molecule has 106 valence electrons. The molecule has 2 N–H and O–H groups in total. The highest BCUT2D eigenvalue weighted by molar-refractivity contribution is 5.36. The van der Waals surface area contributed by atoms with Gasteiger partial charge in [-0.2, -0.15) is 15.0 Å². The molecule has 0 fully saturated rings. The highest BCUT2D eigenvalue weighted by Gasteiger charge is 2.06. The van der Waals surface area contributed by atoms with Gasteiger partial charge in [0.15, 0.2) is 0 Å². The van der Waals surface area contributed by atoms with Gasteiger partial charge in [0.2, 0.25) is 11.9 Å². The van der Waals surface area contributed by atoms with Crippen LogP contribution in [-0.2, 0) is 6.54 Å². The van der Waals surface area contributed by atoms with Crippen LogP contribution >= 0.6 is 0 Å². The molecule has 0 aromatic carbocycles. The van der Waals surface area contributed by atoms with Gasteiger partial charge in [0.25, 0.3) is 0 Å². The first-order chi connectivity index (χ1) is 9.72. The Balaban J connectivity index is 2.12. The summed E-state index contributed by atoms with van der Waals surface area (Å²) in [6.45, 7) is 5.03. The Bertz CT molecular complexity index is 575. The molecule has 0 spiro atoms. The molecule has 2 aromatic heterocycles. The molecule has 2 rings (SSSR count). The van der Waals surface area contributed by atoms with E-state index in [4.69, 9.17) is 4.74 Å². The number of ether oxygens (including phenoxy) is 1. The SMILES string of the molecule is CCOc1nc(NC)nc(NCc2ccncc2C)n1. The molecule has 0 aliphatic rings. The summed E-state index contributed by atoms with van der Waals surface area (Å²) < 4.78 is 5.31. The van der Waals surface area contributed by atoms with Gasteiger partial charge in [-0.15, -0.1) is 0 Å². The van der Waals surface area contributed by atoms with Crippen molar-refractivity contribution in [1.29, 1.82) is 0 Å². The summed E-state index contributed by atoms with van der Waals surface area (Å²) in [4.78, 5) is 16.6. The van der Waals surface area contributed by atoms with Crippen LogP contribution in [0.4, 0.5) is 11.9 Å². The number of pyridine rings is 1. The largest absolute Gasteiger partial charge is 0.464 e. The van der Waals surface area contributed by atoms with Gasteiger partial charge >= 0.3 is 6.01 Å². The first-order valence-corrected chi connectivity index (χ1v) is 6.43. The first kappa shape index (κ1) is 14.0. The molecule has 0 unspecified atom stereocenters. The van der Waals surface area contributed by atoms with Crippen molar-refractivity contribution in [2.75, 3.05) is 24.3 Å². The van der Waals surface area contributed by atoms with Crippen LogP contribution in [0.2, 0.25) is 0 Å². The molecule has 7 nitrogen and oxygen atoms in total. The number of hydrogen-bond acceptors (Lipinski definition) is 7. The Morgan fingerprint density at radius 2 is 2.00 bits per heavy atom. The number of nitrogens with zero attached hydrogens (tertiary/aromatic N) is 4. The fraction of sp³-hybridized carbons (Fsp3) is 0.385. The van der Waals surface area contributed by atoms with Gasteiger partial charge in [-0.3, -0.25) is 4.98 Å². The monoisotopic (exact) mass is 274 g/mol. The molecular formula is C13H18N6O. The molecule has 2 heterocycles. The van der Waals surface area contributed by atoms with Crippen molar-refractivity contribution in [1.82, 2.24) is 19.9 Å². The lowest BCUT2D eigenvalue weighted by Gasteiger charge is -2.09. The van der Waals surface area contributed by atoms with Crippen LogP contribution in [0.1, 0.15) is 18.1 Å². The van der Waals surface area contributed by atoms with E-state index in [1.54, 1.807) is 13.2 Å². The Kier molecular flexibility index (Phi) is 4.65. The van der Waals surface area contributed by atoms with Crippen molar-refractivity contribution in [2.45, 2.75) is 20.4 Å². The summed E-state index contributed by atoms with van der Waals surface area (Å²) in [6, 6.07) is 2.27. The number of hydrogen-bond donors (Lipinski definition) is 2. The zero-order valence-electron chi connectivity index (χ0n) is 11.8. The number of rotatable bonds is 6. The van der Waals surface area contributed by atoms with E-state index in [0.717, 1.165) is 11.1 Å². The molecule has 0 aliphatic carbocycles. The summed E-state index contributed by atoms with van der Waals surface area (Å²) >= 11 is 0. The van der Waals surface area contributed by atoms with E-state index in [-0.39, 0.29) is 0 Å². The minimum atomic E-state index is 0.306. The van der Waals surface area contributed by atoms with Crippen molar-refractivity contribution in [2.24, 2.45) is 0 Å². The van der Waals surface area contributed by atoms with Gasteiger partial charge in [-0.1, -0.05) is 0 Å². The second kappa shape index (κ2) is 6.65. The minimum Gasteiger partial charge on any atom is -0.464 e. The molecule has 0 saturated heterocycles. The predicted molar refractivity (Wildman–Crippen MR) is 76.8 cm³/mol. The lowest BCUT2D eigenvalue weighted by molar-refractivity contribution is 0.312. The normalized spacial score (nSPS) is 10.2. The zero-order valence-corrected chi connectivity index (χ0v) is 11.8. The van der Waals surface area contributed by atoms with Crippen LogP contribution in [0.25, 0.3) is 0 Å². The fourth-order valence-corrected chi connectivity index (χ4v) is 1.62. The molecule has 0 saturated carbocycles. The quantitative estimate of drug-likeness (QED) is 0.828. The molecule has 7 heteroatoms. The van der Waals surface area contributed by atoms with E-state index in [1.165, 1.54) is 0 Å². The average molecular weight is 274 g/mol.